The molecule has 684 valence electrons. The van der Waals surface area contributed by atoms with Crippen LogP contribution in [0.4, 0.5) is 82.9 Å². The van der Waals surface area contributed by atoms with Crippen LogP contribution in [0.15, 0.2) is 279 Å². The zero-order valence-corrected chi connectivity index (χ0v) is 76.2. The third kappa shape index (κ3) is 30.4. The summed E-state index contributed by atoms with van der Waals surface area (Å²) in [6, 6.07) is 64.5. The monoisotopic (exact) mass is 2160 g/mol. The highest BCUT2D eigenvalue weighted by Crippen LogP contribution is 2.37. The molecule has 0 saturated heterocycles. The molecule has 16 rings (SSSR count). The summed E-state index contributed by atoms with van der Waals surface area (Å²) >= 11 is 16.6. The van der Waals surface area contributed by atoms with E-state index in [-0.39, 0.29) is 48.0 Å². The van der Waals surface area contributed by atoms with E-state index >= 15 is 0 Å². The third-order valence-corrected chi connectivity index (χ3v) is 21.1. The fourth-order valence-corrected chi connectivity index (χ4v) is 13.7. The summed E-state index contributed by atoms with van der Waals surface area (Å²) < 4.78 is 200. The van der Waals surface area contributed by atoms with Crippen LogP contribution in [0.5, 0.6) is 0 Å². The van der Waals surface area contributed by atoms with Crippen molar-refractivity contribution in [2.45, 2.75) is 62.4 Å². The summed E-state index contributed by atoms with van der Waals surface area (Å²) in [6.45, 7) is 6.88. The van der Waals surface area contributed by atoms with Gasteiger partial charge in [-0.1, -0.05) is 213 Å². The Balaban J connectivity index is 0.000000170. The Morgan fingerprint density at radius 2 is 0.759 bits per heavy atom. The first-order valence-corrected chi connectivity index (χ1v) is 42.6. The predicted molar refractivity (Wildman–Crippen MR) is 483 cm³/mol. The Bertz CT molecular complexity index is 6560. The van der Waals surface area contributed by atoms with E-state index in [1.165, 1.54) is 77.4 Å². The fourth-order valence-electron chi connectivity index (χ4n) is 11.8. The first kappa shape index (κ1) is 102. The van der Waals surface area contributed by atoms with E-state index in [0.717, 1.165) is 112 Å². The quantitative estimate of drug-likeness (QED) is 0.0123. The second-order valence-corrected chi connectivity index (χ2v) is 32.0. The normalized spacial score (nSPS) is 11.1. The lowest BCUT2D eigenvalue weighted by Gasteiger charge is -2.11. The number of hydrogen-bond donors (Lipinski definition) is 6. The number of nitrogens with zero attached hydrogens (tertiary/aromatic N) is 15. The number of nitrogens with two attached hydrogens (primary N) is 2. The van der Waals surface area contributed by atoms with Crippen LogP contribution in [0, 0.1) is 24.0 Å². The lowest BCUT2D eigenvalue weighted by Crippen LogP contribution is -2.29. The minimum atomic E-state index is -4.42. The molecule has 0 saturated carbocycles. The summed E-state index contributed by atoms with van der Waals surface area (Å²) in [5.74, 6) is -0.00477. The van der Waals surface area contributed by atoms with Crippen molar-refractivity contribution in [3.8, 4) is 45.6 Å². The molecule has 0 fully saturated rings. The van der Waals surface area contributed by atoms with Crippen LogP contribution in [-0.2, 0) is 67.1 Å². The number of carbonyl (C=O) groups is 1. The number of methoxy groups -OCH3 is 1. The van der Waals surface area contributed by atoms with Gasteiger partial charge in [0.15, 0.2) is 0 Å². The molecule has 0 aliphatic carbocycles. The molecule has 23 nitrogen and oxygen atoms in total. The molecular formula is C89H66BBr5F15N19O4. The molecule has 0 aliphatic rings. The van der Waals surface area contributed by atoms with Gasteiger partial charge in [0.2, 0.25) is 29.0 Å². The zero-order valence-electron chi connectivity index (χ0n) is 68.3. The Kier molecular flexibility index (Phi) is 36.2. The fraction of sp³-hybridized carbons (Fsp3) is 0.124. The minimum absolute atomic E-state index is 0.0352. The van der Waals surface area contributed by atoms with E-state index in [4.69, 9.17) is 32.8 Å². The zero-order chi connectivity index (χ0) is 96.3. The number of nitrogen functional groups attached to an aromatic ring is 2. The first-order chi connectivity index (χ1) is 63.2. The molecular weight excluding hydrogens is 2090 g/mol. The number of H-pyrrole nitrogens is 2. The minimum Gasteiger partial charge on any atom is -0.465 e. The van der Waals surface area contributed by atoms with Crippen molar-refractivity contribution in [3.05, 3.63) is 386 Å². The van der Waals surface area contributed by atoms with Gasteiger partial charge in [-0.2, -0.15) is 72.7 Å². The van der Waals surface area contributed by atoms with Crippen molar-refractivity contribution in [1.29, 1.82) is 0 Å². The van der Waals surface area contributed by atoms with Gasteiger partial charge in [0, 0.05) is 68.0 Å². The van der Waals surface area contributed by atoms with Crippen molar-refractivity contribution >= 4 is 115 Å². The number of aromatic nitrogens is 16. The van der Waals surface area contributed by atoms with Gasteiger partial charge in [-0.15, -0.1) is 40.8 Å². The van der Waals surface area contributed by atoms with Crippen molar-refractivity contribution < 1.29 is 85.4 Å². The molecule has 0 atom stereocenters. The molecule has 12 aromatic carbocycles. The van der Waals surface area contributed by atoms with Crippen molar-refractivity contribution in [3.63, 3.8) is 0 Å². The molecule has 0 unspecified atom stereocenters. The number of rotatable bonds is 17. The summed E-state index contributed by atoms with van der Waals surface area (Å²) in [4.78, 5) is 17.8. The van der Waals surface area contributed by atoms with Gasteiger partial charge >= 0.3 is 37.8 Å². The number of anilines is 2. The number of ether oxygens (including phenoxy) is 1. The van der Waals surface area contributed by atoms with Crippen LogP contribution in [0.3, 0.4) is 0 Å². The number of halogens is 20. The molecule has 44 heteroatoms. The highest BCUT2D eigenvalue weighted by atomic mass is 79.9. The van der Waals surface area contributed by atoms with Crippen LogP contribution in [0.2, 0.25) is 0 Å². The van der Waals surface area contributed by atoms with Gasteiger partial charge in [0.25, 0.3) is 0 Å². The molecule has 0 amide bonds. The maximum absolute atomic E-state index is 14.0. The van der Waals surface area contributed by atoms with Crippen molar-refractivity contribution in [2.24, 2.45) is 0 Å². The lowest BCUT2D eigenvalue weighted by atomic mass is 9.80. The van der Waals surface area contributed by atoms with E-state index < -0.39 is 65.9 Å². The number of carbonyl (C=O) groups excluding carboxylic acids is 1. The predicted octanol–water partition coefficient (Wildman–Crippen LogP) is 22.0. The highest BCUT2D eigenvalue weighted by molar-refractivity contribution is 9.11. The Hall–Kier alpha value is -13.2. The van der Waals surface area contributed by atoms with E-state index in [0.29, 0.717) is 91.7 Å². The number of alkyl halides is 13. The number of esters is 1. The Labute approximate surface area is 788 Å². The third-order valence-electron chi connectivity index (χ3n) is 18.6. The highest BCUT2D eigenvalue weighted by Gasteiger charge is 2.34. The number of benzene rings is 12. The van der Waals surface area contributed by atoms with E-state index in [1.807, 2.05) is 60.7 Å². The van der Waals surface area contributed by atoms with Gasteiger partial charge in [0.1, 0.15) is 17.5 Å². The molecule has 16 aromatic rings. The summed E-state index contributed by atoms with van der Waals surface area (Å²) in [7, 11) is -0.483. The van der Waals surface area contributed by atoms with Crippen LogP contribution in [0.25, 0.3) is 50.4 Å². The smallest absolute Gasteiger partial charge is 0.465 e. The van der Waals surface area contributed by atoms with Crippen LogP contribution in [-0.4, -0.2) is 112 Å². The molecule has 0 aliphatic heterocycles. The average molecular weight is 2160 g/mol. The van der Waals surface area contributed by atoms with E-state index in [1.54, 1.807) is 78.9 Å². The van der Waals surface area contributed by atoms with Crippen LogP contribution in [0.1, 0.15) is 82.7 Å². The largest absolute Gasteiger partial charge is 0.488 e. The van der Waals surface area contributed by atoms with Crippen molar-refractivity contribution in [1.82, 2.24) is 81.7 Å². The molecule has 4 aromatic heterocycles. The molecule has 0 bridgehead atoms. The maximum Gasteiger partial charge on any atom is 0.488 e. The average Bonchev–Trinajstić information content (AvgIpc) is 1.75. The summed E-state index contributed by atoms with van der Waals surface area (Å²) in [5.41, 5.74) is 18.9. The van der Waals surface area contributed by atoms with E-state index in [2.05, 4.69) is 157 Å². The molecule has 0 spiro atoms. The lowest BCUT2D eigenvalue weighted by molar-refractivity contribution is -0.138. The first-order valence-electron chi connectivity index (χ1n) is 38.3. The summed E-state index contributed by atoms with van der Waals surface area (Å²) in [6.07, 6.45) is -16.4. The number of nitrogens with one attached hydrogen (secondary N) is 2. The Morgan fingerprint density at radius 1 is 0.421 bits per heavy atom. The molecule has 0 radical (unpaired) electrons. The summed E-state index contributed by atoms with van der Waals surface area (Å²) in [5, 5.41) is 69.9. The number of tetrazole rings is 4. The second kappa shape index (κ2) is 47.3. The van der Waals surface area contributed by atoms with Crippen molar-refractivity contribution in [2.75, 3.05) is 18.6 Å². The van der Waals surface area contributed by atoms with Gasteiger partial charge in [-0.25, -0.2) is 22.8 Å². The standard InChI is InChI=1S/C24H18F4N4O2.C22H15BrF4N4.C15H10BrF3N4.C7H6BF3O2.C7H6BrF.C7H6BrN5.C7H5BrN2/c1-34-23(33)17-9-8-16(12-15-6-10-19(11-7-15)24(26,27)28)20(13-17)22-29-31-32(30-22)14-18-4-2-3-5-21(18)25;23-18-10-7-15(11-14-5-8-17(9-6-14)22(25,26)27)19(12-18)21-28-30-31(29-21)13-16-3-1-2-4-20(16)24;16-12-6-3-10(13(8-12)14-20-22-23-21-14)7-9-1-4-11(5-2-9)15(17,18)19;9-7(10,11)5-1-3-6(4-2-5)8(12)13;8-5-6-3-1-2-4-7(6)9;8-4-1-2-6(9)5(3-4)7-10-12-13-11-7;1-10-7-4-5(8)2-3-6(7)9/h2-11,13H,12,14H2,1H3;1-10,12H,11,13H2;1-6,8H,7H2,(H,20,21,22,23);1-4,12-13H;1-4H,5H2;1-3H,9H2,(H,10,11,12,13);2-4H,9H2. The van der Waals surface area contributed by atoms with E-state index in [9.17, 15) is 70.7 Å². The Morgan fingerprint density at radius 3 is 1.11 bits per heavy atom. The van der Waals surface area contributed by atoms with Gasteiger partial charge < -0.3 is 26.3 Å². The molecule has 4 heterocycles. The second-order valence-electron chi connectivity index (χ2n) is 27.8. The number of aromatic amines is 2. The maximum atomic E-state index is 14.0. The van der Waals surface area contributed by atoms with Gasteiger partial charge in [-0.3, -0.25) is 0 Å². The number of hydrogen-bond acceptors (Lipinski definition) is 18. The van der Waals surface area contributed by atoms with Gasteiger partial charge in [0.05, 0.1) is 54.6 Å². The SMILES string of the molecule is COC(=O)c1ccc(Cc2ccc(C(F)(F)F)cc2)c(-c2nnn(Cc3ccccc3F)n2)c1.FC(F)(F)c1ccc(Cc2ccc(Br)cc2-c2nn[nH]n2)cc1.Fc1ccccc1CBr.Fc1ccccc1Cn1nnc(-c2cc(Br)ccc2Cc2ccc(C(F)(F)F)cc2)n1.Nc1ccc(Br)cc1-c1nn[nH]n1.OB(O)c1ccc(C(F)(F)F)cc1.[C-]#[N+]c1cc(Br)ccc1N. The molecule has 133 heavy (non-hydrogen) atoms. The van der Waals surface area contributed by atoms with Crippen LogP contribution < -0.4 is 16.9 Å². The van der Waals surface area contributed by atoms with Gasteiger partial charge in [-0.05, 0) is 212 Å². The molecule has 8 N–H and O–H groups in total. The van der Waals surface area contributed by atoms with Crippen LogP contribution >= 0.6 is 79.6 Å². The topological polar surface area (TPSA) is 319 Å².